The van der Waals surface area contributed by atoms with Gasteiger partial charge in [-0.05, 0) is 47.5 Å². The van der Waals surface area contributed by atoms with E-state index in [-0.39, 0.29) is 11.7 Å². The molecule has 0 amide bonds. The van der Waals surface area contributed by atoms with Crippen LogP contribution in [0.1, 0.15) is 16.7 Å². The Bertz CT molecular complexity index is 1260. The predicted octanol–water partition coefficient (Wildman–Crippen LogP) is 4.06. The minimum atomic E-state index is -4.79. The molecule has 0 spiro atoms. The Morgan fingerprint density at radius 2 is 1.38 bits per heavy atom. The van der Waals surface area contributed by atoms with Crippen molar-refractivity contribution in [2.45, 2.75) is 25.0 Å². The number of halogens is 3. The zero-order chi connectivity index (χ0) is 26.5. The molecule has 0 bridgehead atoms. The van der Waals surface area contributed by atoms with Crippen molar-refractivity contribution in [2.75, 3.05) is 14.2 Å². The molecule has 0 radical (unpaired) electrons. The summed E-state index contributed by atoms with van der Waals surface area (Å²) >= 11 is 0. The second-order valence-corrected chi connectivity index (χ2v) is 8.22. The maximum absolute atomic E-state index is 12.7. The van der Waals surface area contributed by atoms with E-state index < -0.39 is 12.0 Å². The molecule has 3 aromatic carbocycles. The molecule has 0 aliphatic carbocycles. The van der Waals surface area contributed by atoms with Gasteiger partial charge < -0.3 is 25.3 Å². The highest BCUT2D eigenvalue weighted by atomic mass is 19.4. The third-order valence-electron chi connectivity index (χ3n) is 5.65. The Morgan fingerprint density at radius 3 is 1.92 bits per heavy atom. The SMILES string of the molecule is COc1ccc(CN=C2NC(N)=NC(Cc3ccc(OC)cc3)(c3ccc(OC(F)(F)F)cc3)N2)cc1. The van der Waals surface area contributed by atoms with Crippen molar-refractivity contribution in [3.05, 3.63) is 89.5 Å². The van der Waals surface area contributed by atoms with Crippen LogP contribution in [0.5, 0.6) is 17.2 Å². The van der Waals surface area contributed by atoms with E-state index in [9.17, 15) is 13.2 Å². The third kappa shape index (κ3) is 6.63. The van der Waals surface area contributed by atoms with Crippen molar-refractivity contribution in [3.8, 4) is 17.2 Å². The van der Waals surface area contributed by atoms with E-state index in [1.165, 1.54) is 24.3 Å². The number of hydrogen-bond donors (Lipinski definition) is 3. The number of aliphatic imine (C=N–C) groups is 2. The van der Waals surface area contributed by atoms with E-state index in [4.69, 9.17) is 15.2 Å². The molecule has 194 valence electrons. The van der Waals surface area contributed by atoms with Crippen LogP contribution >= 0.6 is 0 Å². The standard InChI is InChI=1S/C26H26F3N5O3/c1-35-20-9-3-17(4-10-20)15-25(19-7-13-22(14-8-19)37-26(27,28)29)33-23(30)32-24(34-25)31-16-18-5-11-21(36-2)12-6-18/h3-14H,15-16H2,1-2H3,(H4,30,31,32,33,34). The first-order valence-corrected chi connectivity index (χ1v) is 11.3. The first-order valence-electron chi connectivity index (χ1n) is 11.3. The lowest BCUT2D eigenvalue weighted by atomic mass is 9.91. The molecule has 8 nitrogen and oxygen atoms in total. The Labute approximate surface area is 212 Å². The Morgan fingerprint density at radius 1 is 0.838 bits per heavy atom. The highest BCUT2D eigenvalue weighted by molar-refractivity contribution is 6.00. The summed E-state index contributed by atoms with van der Waals surface area (Å²) in [5.74, 6) is 1.56. The monoisotopic (exact) mass is 513 g/mol. The smallest absolute Gasteiger partial charge is 0.497 e. The van der Waals surface area contributed by atoms with E-state index in [2.05, 4.69) is 25.4 Å². The summed E-state index contributed by atoms with van der Waals surface area (Å²) in [4.78, 5) is 9.25. The minimum Gasteiger partial charge on any atom is -0.497 e. The molecule has 3 aromatic rings. The number of nitrogens with two attached hydrogens (primary N) is 1. The van der Waals surface area contributed by atoms with Gasteiger partial charge in [-0.2, -0.15) is 0 Å². The van der Waals surface area contributed by atoms with Crippen LogP contribution in [0.15, 0.2) is 82.8 Å². The maximum Gasteiger partial charge on any atom is 0.573 e. The van der Waals surface area contributed by atoms with Gasteiger partial charge in [-0.15, -0.1) is 13.2 Å². The summed E-state index contributed by atoms with van der Waals surface area (Å²) in [5.41, 5.74) is 7.40. The van der Waals surface area contributed by atoms with Crippen LogP contribution in [0.3, 0.4) is 0 Å². The second kappa shape index (κ2) is 10.7. The molecule has 1 atom stereocenters. The van der Waals surface area contributed by atoms with Crippen LogP contribution in [0, 0.1) is 0 Å². The lowest BCUT2D eigenvalue weighted by Crippen LogP contribution is -2.59. The van der Waals surface area contributed by atoms with Gasteiger partial charge in [-0.25, -0.2) is 9.98 Å². The predicted molar refractivity (Wildman–Crippen MR) is 134 cm³/mol. The molecule has 0 fully saturated rings. The van der Waals surface area contributed by atoms with Gasteiger partial charge in [0, 0.05) is 12.0 Å². The Hall–Kier alpha value is -4.41. The number of alkyl halides is 3. The first-order chi connectivity index (χ1) is 17.7. The number of hydrogen-bond acceptors (Lipinski definition) is 6. The van der Waals surface area contributed by atoms with Crippen molar-refractivity contribution >= 4 is 11.9 Å². The molecular weight excluding hydrogens is 487 g/mol. The van der Waals surface area contributed by atoms with Crippen LogP contribution in [0.2, 0.25) is 0 Å². The first kappa shape index (κ1) is 25.7. The summed E-state index contributed by atoms with van der Waals surface area (Å²) < 4.78 is 52.5. The maximum atomic E-state index is 12.7. The van der Waals surface area contributed by atoms with Gasteiger partial charge in [0.05, 0.1) is 20.8 Å². The average molecular weight is 514 g/mol. The van der Waals surface area contributed by atoms with E-state index >= 15 is 0 Å². The van der Waals surface area contributed by atoms with Crippen LogP contribution < -0.4 is 30.6 Å². The van der Waals surface area contributed by atoms with Gasteiger partial charge in [0.15, 0.2) is 11.6 Å². The topological polar surface area (TPSA) is 102 Å². The molecule has 37 heavy (non-hydrogen) atoms. The van der Waals surface area contributed by atoms with E-state index in [1.54, 1.807) is 14.2 Å². The summed E-state index contributed by atoms with van der Waals surface area (Å²) in [5, 5.41) is 6.23. The number of ether oxygens (including phenoxy) is 3. The van der Waals surface area contributed by atoms with Crippen LogP contribution in [-0.4, -0.2) is 32.5 Å². The van der Waals surface area contributed by atoms with Gasteiger partial charge in [0.1, 0.15) is 17.2 Å². The van der Waals surface area contributed by atoms with E-state index in [1.807, 2.05) is 48.5 Å². The molecular formula is C26H26F3N5O3. The molecule has 0 saturated heterocycles. The summed E-state index contributed by atoms with van der Waals surface area (Å²) in [6.45, 7) is 0.337. The summed E-state index contributed by atoms with van der Waals surface area (Å²) in [7, 11) is 3.17. The van der Waals surface area contributed by atoms with Crippen molar-refractivity contribution in [1.29, 1.82) is 0 Å². The van der Waals surface area contributed by atoms with Gasteiger partial charge in [0.2, 0.25) is 5.96 Å². The molecule has 1 heterocycles. The molecule has 1 unspecified atom stereocenters. The fraction of sp³-hybridized carbons (Fsp3) is 0.231. The number of rotatable bonds is 8. The average Bonchev–Trinajstić information content (AvgIpc) is 2.87. The van der Waals surface area contributed by atoms with Crippen molar-refractivity contribution in [1.82, 2.24) is 10.6 Å². The van der Waals surface area contributed by atoms with Crippen LogP contribution in [-0.2, 0) is 18.6 Å². The Kier molecular flexibility index (Phi) is 7.42. The number of methoxy groups -OCH3 is 2. The number of guanidine groups is 2. The molecule has 0 aromatic heterocycles. The lowest BCUT2D eigenvalue weighted by molar-refractivity contribution is -0.274. The van der Waals surface area contributed by atoms with Crippen molar-refractivity contribution in [3.63, 3.8) is 0 Å². The summed E-state index contributed by atoms with van der Waals surface area (Å²) in [6, 6.07) is 20.4. The second-order valence-electron chi connectivity index (χ2n) is 8.22. The molecule has 1 aliphatic heterocycles. The third-order valence-corrected chi connectivity index (χ3v) is 5.65. The van der Waals surface area contributed by atoms with Gasteiger partial charge in [0.25, 0.3) is 0 Å². The Balaban J connectivity index is 1.67. The largest absolute Gasteiger partial charge is 0.573 e. The highest BCUT2D eigenvalue weighted by Gasteiger charge is 2.37. The van der Waals surface area contributed by atoms with Crippen molar-refractivity contribution < 1.29 is 27.4 Å². The number of benzene rings is 3. The zero-order valence-corrected chi connectivity index (χ0v) is 20.2. The fourth-order valence-electron chi connectivity index (χ4n) is 3.88. The summed E-state index contributed by atoms with van der Waals surface area (Å²) in [6.07, 6.45) is -4.47. The van der Waals surface area contributed by atoms with Crippen molar-refractivity contribution in [2.24, 2.45) is 15.7 Å². The molecule has 11 heteroatoms. The van der Waals surface area contributed by atoms with Crippen LogP contribution in [0.4, 0.5) is 13.2 Å². The van der Waals surface area contributed by atoms with Crippen LogP contribution in [0.25, 0.3) is 0 Å². The zero-order valence-electron chi connectivity index (χ0n) is 20.2. The minimum absolute atomic E-state index is 0.108. The molecule has 0 saturated carbocycles. The van der Waals surface area contributed by atoms with E-state index in [0.717, 1.165) is 16.9 Å². The molecule has 1 aliphatic rings. The van der Waals surface area contributed by atoms with Gasteiger partial charge in [-0.1, -0.05) is 36.4 Å². The number of nitrogens with zero attached hydrogens (tertiary/aromatic N) is 2. The van der Waals surface area contributed by atoms with Gasteiger partial charge >= 0.3 is 6.36 Å². The normalized spacial score (nSPS) is 18.4. The van der Waals surface area contributed by atoms with E-state index in [0.29, 0.717) is 30.2 Å². The van der Waals surface area contributed by atoms with Gasteiger partial charge in [-0.3, -0.25) is 5.32 Å². The quantitative estimate of drug-likeness (QED) is 0.420. The number of nitrogens with one attached hydrogen (secondary N) is 2. The fourth-order valence-corrected chi connectivity index (χ4v) is 3.88. The highest BCUT2D eigenvalue weighted by Crippen LogP contribution is 2.32. The molecule has 4 N–H and O–H groups in total. The lowest BCUT2D eigenvalue weighted by Gasteiger charge is -2.37. The molecule has 4 rings (SSSR count).